The third-order valence-electron chi connectivity index (χ3n) is 4.16. The summed E-state index contributed by atoms with van der Waals surface area (Å²) < 4.78 is 7.65. The van der Waals surface area contributed by atoms with E-state index in [1.54, 1.807) is 30.1 Å². The predicted molar refractivity (Wildman–Crippen MR) is 92.5 cm³/mol. The van der Waals surface area contributed by atoms with Gasteiger partial charge in [0.25, 0.3) is 0 Å². The molecule has 122 valence electrons. The summed E-state index contributed by atoms with van der Waals surface area (Å²) in [7, 11) is 1.79. The van der Waals surface area contributed by atoms with Crippen molar-refractivity contribution in [3.8, 4) is 11.3 Å². The Morgan fingerprint density at radius 2 is 2.12 bits per heavy atom. The van der Waals surface area contributed by atoms with Crippen LogP contribution in [0.2, 0.25) is 10.0 Å². The van der Waals surface area contributed by atoms with E-state index in [0.717, 1.165) is 11.1 Å². The highest BCUT2D eigenvalue weighted by Crippen LogP contribution is 2.39. The van der Waals surface area contributed by atoms with Crippen molar-refractivity contribution in [3.05, 3.63) is 57.9 Å². The second-order valence-corrected chi connectivity index (χ2v) is 6.55. The highest BCUT2D eigenvalue weighted by atomic mass is 35.5. The molecule has 0 aliphatic carbocycles. The third-order valence-corrected chi connectivity index (χ3v) is 4.70. The van der Waals surface area contributed by atoms with Gasteiger partial charge in [0, 0.05) is 29.6 Å². The first-order valence-electron chi connectivity index (χ1n) is 7.40. The Balaban J connectivity index is 1.74. The number of benzene rings is 1. The molecule has 3 heterocycles. The van der Waals surface area contributed by atoms with Crippen LogP contribution in [-0.4, -0.2) is 15.7 Å². The number of fused-ring (bicyclic) bond motifs is 1. The molecule has 24 heavy (non-hydrogen) atoms. The fourth-order valence-corrected chi connectivity index (χ4v) is 3.47. The molecule has 0 unspecified atom stereocenters. The number of furan rings is 1. The van der Waals surface area contributed by atoms with Gasteiger partial charge in [0.05, 0.1) is 17.1 Å². The zero-order valence-electron chi connectivity index (χ0n) is 12.7. The second kappa shape index (κ2) is 5.69. The molecule has 1 N–H and O–H groups in total. The van der Waals surface area contributed by atoms with E-state index in [1.165, 1.54) is 0 Å². The summed E-state index contributed by atoms with van der Waals surface area (Å²) in [6.07, 6.45) is 2.08. The Morgan fingerprint density at radius 3 is 2.92 bits per heavy atom. The lowest BCUT2D eigenvalue weighted by molar-refractivity contribution is -0.116. The van der Waals surface area contributed by atoms with Crippen molar-refractivity contribution in [2.45, 2.75) is 12.3 Å². The topological polar surface area (TPSA) is 60.1 Å². The molecular weight excluding hydrogens is 349 g/mol. The van der Waals surface area contributed by atoms with Crippen LogP contribution in [0.1, 0.15) is 23.7 Å². The Kier molecular flexibility index (Phi) is 3.62. The van der Waals surface area contributed by atoms with Crippen molar-refractivity contribution in [3.63, 3.8) is 0 Å². The van der Waals surface area contributed by atoms with Crippen molar-refractivity contribution in [2.24, 2.45) is 7.05 Å². The van der Waals surface area contributed by atoms with Crippen LogP contribution in [-0.2, 0) is 11.8 Å². The van der Waals surface area contributed by atoms with Gasteiger partial charge in [0.1, 0.15) is 17.3 Å². The molecule has 0 bridgehead atoms. The lowest BCUT2D eigenvalue weighted by Crippen LogP contribution is -2.24. The van der Waals surface area contributed by atoms with Gasteiger partial charge in [-0.2, -0.15) is 5.10 Å². The Morgan fingerprint density at radius 1 is 1.29 bits per heavy atom. The number of nitrogens with one attached hydrogen (secondary N) is 1. The molecule has 3 aromatic rings. The number of rotatable bonds is 2. The van der Waals surface area contributed by atoms with Gasteiger partial charge < -0.3 is 9.73 Å². The first-order chi connectivity index (χ1) is 11.5. The number of amides is 1. The maximum absolute atomic E-state index is 12.0. The third kappa shape index (κ3) is 2.50. The minimum Gasteiger partial charge on any atom is -0.460 e. The molecule has 0 spiro atoms. The molecule has 5 nitrogen and oxygen atoms in total. The van der Waals surface area contributed by atoms with Gasteiger partial charge in [0.15, 0.2) is 0 Å². The number of carbonyl (C=O) groups is 1. The van der Waals surface area contributed by atoms with Crippen LogP contribution in [0, 0.1) is 0 Å². The van der Waals surface area contributed by atoms with Crippen molar-refractivity contribution < 1.29 is 9.21 Å². The summed E-state index contributed by atoms with van der Waals surface area (Å²) in [5.41, 5.74) is 1.71. The van der Waals surface area contributed by atoms with E-state index in [0.29, 0.717) is 33.8 Å². The van der Waals surface area contributed by atoms with Crippen molar-refractivity contribution >= 4 is 34.9 Å². The monoisotopic (exact) mass is 361 g/mol. The predicted octanol–water partition coefficient (Wildman–Crippen LogP) is 4.46. The average Bonchev–Trinajstić information content (AvgIpc) is 3.15. The van der Waals surface area contributed by atoms with Gasteiger partial charge in [-0.15, -0.1) is 0 Å². The first kappa shape index (κ1) is 15.3. The second-order valence-electron chi connectivity index (χ2n) is 5.70. The number of anilines is 1. The van der Waals surface area contributed by atoms with E-state index < -0.39 is 0 Å². The molecule has 0 radical (unpaired) electrons. The number of halogens is 2. The minimum absolute atomic E-state index is 0.0569. The Labute approximate surface area is 148 Å². The fourth-order valence-electron chi connectivity index (χ4n) is 2.97. The molecule has 1 aromatic carbocycles. The standard InChI is InChI=1S/C17H13Cl2N3O2/c1-22-17-12(8-20-22)11(7-16(23)21-17)15-5-4-14(24-15)10-3-2-9(18)6-13(10)19/h2-6,8,11H,7H2,1H3,(H,21,23)/t11-/m1/s1. The summed E-state index contributed by atoms with van der Waals surface area (Å²) in [6.45, 7) is 0. The molecule has 0 fully saturated rings. The highest BCUT2D eigenvalue weighted by Gasteiger charge is 2.31. The normalized spacial score (nSPS) is 16.8. The number of aryl methyl sites for hydroxylation is 1. The van der Waals surface area contributed by atoms with Crippen molar-refractivity contribution in [1.29, 1.82) is 0 Å². The Hall–Kier alpha value is -2.24. The fraction of sp³-hybridized carbons (Fsp3) is 0.176. The summed E-state index contributed by atoms with van der Waals surface area (Å²) in [5.74, 6) is 1.84. The first-order valence-corrected chi connectivity index (χ1v) is 8.15. The largest absolute Gasteiger partial charge is 0.460 e. The van der Waals surface area contributed by atoms with Crippen LogP contribution in [0.4, 0.5) is 5.82 Å². The van der Waals surface area contributed by atoms with Gasteiger partial charge in [0.2, 0.25) is 5.91 Å². The lowest BCUT2D eigenvalue weighted by atomic mass is 9.92. The van der Waals surface area contributed by atoms with Gasteiger partial charge >= 0.3 is 0 Å². The maximum atomic E-state index is 12.0. The minimum atomic E-state index is -0.165. The van der Waals surface area contributed by atoms with Crippen LogP contribution < -0.4 is 5.32 Å². The SMILES string of the molecule is Cn1ncc2c1NC(=O)C[C@H]2c1ccc(-c2ccc(Cl)cc2Cl)o1. The van der Waals surface area contributed by atoms with Gasteiger partial charge in [-0.05, 0) is 30.3 Å². The zero-order chi connectivity index (χ0) is 16.8. The number of aromatic nitrogens is 2. The highest BCUT2D eigenvalue weighted by molar-refractivity contribution is 6.36. The quantitative estimate of drug-likeness (QED) is 0.732. The molecule has 2 aromatic heterocycles. The van der Waals surface area contributed by atoms with Crippen LogP contribution >= 0.6 is 23.2 Å². The van der Waals surface area contributed by atoms with Gasteiger partial charge in [-0.25, -0.2) is 0 Å². The van der Waals surface area contributed by atoms with Gasteiger partial charge in [-0.1, -0.05) is 23.2 Å². The molecule has 1 atom stereocenters. The van der Waals surface area contributed by atoms with E-state index in [-0.39, 0.29) is 11.8 Å². The molecule has 1 aliphatic rings. The molecule has 7 heteroatoms. The van der Waals surface area contributed by atoms with E-state index in [2.05, 4.69) is 10.4 Å². The van der Waals surface area contributed by atoms with E-state index in [9.17, 15) is 4.79 Å². The summed E-state index contributed by atoms with van der Waals surface area (Å²) in [4.78, 5) is 12.0. The van der Waals surface area contributed by atoms with Crippen LogP contribution in [0.5, 0.6) is 0 Å². The molecule has 0 saturated carbocycles. The summed E-state index contributed by atoms with van der Waals surface area (Å²) in [5, 5.41) is 8.16. The van der Waals surface area contributed by atoms with Gasteiger partial charge in [-0.3, -0.25) is 9.48 Å². The van der Waals surface area contributed by atoms with E-state index in [1.807, 2.05) is 18.2 Å². The molecule has 0 saturated heterocycles. The number of nitrogens with zero attached hydrogens (tertiary/aromatic N) is 2. The van der Waals surface area contributed by atoms with Crippen molar-refractivity contribution in [1.82, 2.24) is 9.78 Å². The molecule has 4 rings (SSSR count). The summed E-state index contributed by atoms with van der Waals surface area (Å²) in [6, 6.07) is 8.98. The summed E-state index contributed by atoms with van der Waals surface area (Å²) >= 11 is 12.2. The number of carbonyl (C=O) groups excluding carboxylic acids is 1. The van der Waals surface area contributed by atoms with Crippen LogP contribution in [0.25, 0.3) is 11.3 Å². The number of hydrogen-bond acceptors (Lipinski definition) is 3. The zero-order valence-corrected chi connectivity index (χ0v) is 14.2. The lowest BCUT2D eigenvalue weighted by Gasteiger charge is -2.21. The van der Waals surface area contributed by atoms with Crippen molar-refractivity contribution in [2.75, 3.05) is 5.32 Å². The van der Waals surface area contributed by atoms with E-state index >= 15 is 0 Å². The Bertz CT molecular complexity index is 945. The number of hydrogen-bond donors (Lipinski definition) is 1. The molecule has 1 aliphatic heterocycles. The van der Waals surface area contributed by atoms with Crippen LogP contribution in [0.3, 0.4) is 0 Å². The van der Waals surface area contributed by atoms with E-state index in [4.69, 9.17) is 27.6 Å². The average molecular weight is 362 g/mol. The molecule has 1 amide bonds. The molecular formula is C17H13Cl2N3O2. The maximum Gasteiger partial charge on any atom is 0.226 e. The smallest absolute Gasteiger partial charge is 0.226 e. The van der Waals surface area contributed by atoms with Crippen LogP contribution in [0.15, 0.2) is 40.9 Å².